The van der Waals surface area contributed by atoms with E-state index in [-0.39, 0.29) is 10.1 Å². The van der Waals surface area contributed by atoms with Crippen LogP contribution in [0.4, 0.5) is 4.79 Å². The molecule has 0 bridgehead atoms. The average Bonchev–Trinajstić information content (AvgIpc) is 3.13. The standard InChI is InChI=1S/C22H45N3O4Si2/c1-21(2,3)30(7,8)28-17-14-24(15-18-29-31(9,10)22(4,5)6)13-16-27-20(26)25-12-11-23-19-25/h11-12,19H,13-18H2,1-10H3. The SMILES string of the molecule is CC(C)(C)[Si](C)(C)OCCN(CCOC(=O)n1ccnc1)CCO[Si](C)(C)C(C)(C)C. The molecule has 9 heteroatoms. The van der Waals surface area contributed by atoms with Crippen LogP contribution < -0.4 is 0 Å². The minimum atomic E-state index is -1.79. The van der Waals surface area contributed by atoms with Crippen LogP contribution in [0.2, 0.25) is 36.3 Å². The van der Waals surface area contributed by atoms with Gasteiger partial charge in [-0.05, 0) is 36.3 Å². The van der Waals surface area contributed by atoms with Crippen molar-refractivity contribution in [1.29, 1.82) is 0 Å². The Kier molecular flexibility index (Phi) is 10.1. The van der Waals surface area contributed by atoms with E-state index < -0.39 is 22.7 Å². The molecule has 1 rings (SSSR count). The minimum Gasteiger partial charge on any atom is -0.448 e. The van der Waals surface area contributed by atoms with E-state index in [0.717, 1.165) is 13.1 Å². The summed E-state index contributed by atoms with van der Waals surface area (Å²) in [6, 6.07) is 0. The van der Waals surface area contributed by atoms with Gasteiger partial charge in [0, 0.05) is 45.2 Å². The van der Waals surface area contributed by atoms with E-state index in [2.05, 4.69) is 77.6 Å². The Balaban J connectivity index is 2.60. The maximum absolute atomic E-state index is 12.0. The summed E-state index contributed by atoms with van der Waals surface area (Å²) in [4.78, 5) is 18.2. The summed E-state index contributed by atoms with van der Waals surface area (Å²) in [7, 11) is -3.58. The first-order valence-corrected chi connectivity index (χ1v) is 17.0. The van der Waals surface area contributed by atoms with Gasteiger partial charge < -0.3 is 13.6 Å². The van der Waals surface area contributed by atoms with Crippen molar-refractivity contribution < 1.29 is 18.4 Å². The van der Waals surface area contributed by atoms with Gasteiger partial charge in [-0.2, -0.15) is 0 Å². The van der Waals surface area contributed by atoms with Crippen molar-refractivity contribution in [2.45, 2.75) is 77.8 Å². The van der Waals surface area contributed by atoms with Gasteiger partial charge in [-0.3, -0.25) is 4.90 Å². The van der Waals surface area contributed by atoms with Crippen molar-refractivity contribution in [2.24, 2.45) is 0 Å². The minimum absolute atomic E-state index is 0.184. The summed E-state index contributed by atoms with van der Waals surface area (Å²) < 4.78 is 19.5. The summed E-state index contributed by atoms with van der Waals surface area (Å²) in [5.74, 6) is 0. The second-order valence-corrected chi connectivity index (χ2v) is 20.8. The number of imidazole rings is 1. The number of ether oxygens (including phenoxy) is 1. The molecule has 0 fully saturated rings. The molecule has 0 aliphatic carbocycles. The first kappa shape index (κ1) is 28.0. The number of carbonyl (C=O) groups is 1. The molecule has 0 radical (unpaired) electrons. The van der Waals surface area contributed by atoms with Crippen molar-refractivity contribution in [3.05, 3.63) is 18.7 Å². The normalized spacial score (nSPS) is 13.6. The van der Waals surface area contributed by atoms with E-state index in [0.29, 0.717) is 26.4 Å². The van der Waals surface area contributed by atoms with Crippen LogP contribution in [-0.2, 0) is 13.6 Å². The van der Waals surface area contributed by atoms with E-state index in [1.807, 2.05) is 0 Å². The third-order valence-corrected chi connectivity index (χ3v) is 15.8. The monoisotopic (exact) mass is 471 g/mol. The number of rotatable bonds is 11. The van der Waals surface area contributed by atoms with Crippen LogP contribution in [-0.4, -0.2) is 76.6 Å². The van der Waals surface area contributed by atoms with Crippen LogP contribution in [0.3, 0.4) is 0 Å². The van der Waals surface area contributed by atoms with E-state index in [4.69, 9.17) is 13.6 Å². The van der Waals surface area contributed by atoms with Gasteiger partial charge in [0.05, 0.1) is 0 Å². The van der Waals surface area contributed by atoms with Gasteiger partial charge >= 0.3 is 6.09 Å². The fraction of sp³-hybridized carbons (Fsp3) is 0.818. The number of aromatic nitrogens is 2. The summed E-state index contributed by atoms with van der Waals surface area (Å²) >= 11 is 0. The molecule has 0 atom stereocenters. The Morgan fingerprint density at radius 3 is 1.71 bits per heavy atom. The van der Waals surface area contributed by atoms with Crippen molar-refractivity contribution in [1.82, 2.24) is 14.5 Å². The molecule has 1 aromatic rings. The number of nitrogens with zero attached hydrogens (tertiary/aromatic N) is 3. The van der Waals surface area contributed by atoms with Gasteiger partial charge in [-0.1, -0.05) is 41.5 Å². The summed E-state index contributed by atoms with van der Waals surface area (Å²) in [6.45, 7) is 26.5. The lowest BCUT2D eigenvalue weighted by Crippen LogP contribution is -2.45. The summed E-state index contributed by atoms with van der Waals surface area (Å²) in [5, 5.41) is 0.368. The smallest absolute Gasteiger partial charge is 0.419 e. The average molecular weight is 472 g/mol. The van der Waals surface area contributed by atoms with E-state index in [9.17, 15) is 4.79 Å². The molecule has 1 aromatic heterocycles. The predicted molar refractivity (Wildman–Crippen MR) is 132 cm³/mol. The third-order valence-electron chi connectivity index (χ3n) is 6.70. The molecule has 0 aliphatic heterocycles. The molecule has 0 unspecified atom stereocenters. The van der Waals surface area contributed by atoms with Crippen molar-refractivity contribution in [2.75, 3.05) is 39.5 Å². The van der Waals surface area contributed by atoms with Crippen molar-refractivity contribution in [3.8, 4) is 0 Å². The lowest BCUT2D eigenvalue weighted by atomic mass is 10.2. The Morgan fingerprint density at radius 2 is 1.32 bits per heavy atom. The van der Waals surface area contributed by atoms with Crippen LogP contribution in [0.15, 0.2) is 18.7 Å². The quantitative estimate of drug-likeness (QED) is 0.413. The molecular formula is C22H45N3O4Si2. The van der Waals surface area contributed by atoms with Crippen LogP contribution in [0, 0.1) is 0 Å². The number of hydrogen-bond acceptors (Lipinski definition) is 6. The first-order valence-electron chi connectivity index (χ1n) is 11.2. The number of hydrogen-bond donors (Lipinski definition) is 0. The Morgan fingerprint density at radius 1 is 0.871 bits per heavy atom. The Labute approximate surface area is 191 Å². The van der Waals surface area contributed by atoms with Gasteiger partial charge in [0.2, 0.25) is 0 Å². The molecule has 0 aliphatic rings. The molecule has 1 heterocycles. The topological polar surface area (TPSA) is 65.8 Å². The maximum Gasteiger partial charge on any atom is 0.419 e. The zero-order valence-electron chi connectivity index (χ0n) is 21.4. The molecule has 0 aromatic carbocycles. The Bertz CT molecular complexity index is 633. The lowest BCUT2D eigenvalue weighted by Gasteiger charge is -2.38. The highest BCUT2D eigenvalue weighted by atomic mass is 28.4. The molecule has 0 spiro atoms. The number of carbonyl (C=O) groups excluding carboxylic acids is 1. The zero-order valence-corrected chi connectivity index (χ0v) is 23.4. The van der Waals surface area contributed by atoms with E-state index in [1.54, 1.807) is 12.4 Å². The third kappa shape index (κ3) is 9.17. The maximum atomic E-state index is 12.0. The highest BCUT2D eigenvalue weighted by molar-refractivity contribution is 6.74. The molecular weight excluding hydrogens is 426 g/mol. The molecule has 180 valence electrons. The van der Waals surface area contributed by atoms with Crippen LogP contribution in [0.1, 0.15) is 41.5 Å². The molecule has 0 saturated carbocycles. The van der Waals surface area contributed by atoms with Crippen LogP contribution in [0.5, 0.6) is 0 Å². The van der Waals surface area contributed by atoms with Crippen LogP contribution in [0.25, 0.3) is 0 Å². The van der Waals surface area contributed by atoms with E-state index in [1.165, 1.54) is 10.9 Å². The Hall–Kier alpha value is -1.01. The summed E-state index contributed by atoms with van der Waals surface area (Å²) in [5.41, 5.74) is 0. The second kappa shape index (κ2) is 11.2. The van der Waals surface area contributed by atoms with Crippen molar-refractivity contribution in [3.63, 3.8) is 0 Å². The molecule has 0 saturated heterocycles. The van der Waals surface area contributed by atoms with Gasteiger partial charge in [-0.25, -0.2) is 14.3 Å². The molecule has 0 amide bonds. The highest BCUT2D eigenvalue weighted by Gasteiger charge is 2.38. The van der Waals surface area contributed by atoms with Crippen LogP contribution >= 0.6 is 0 Å². The largest absolute Gasteiger partial charge is 0.448 e. The molecule has 7 nitrogen and oxygen atoms in total. The van der Waals surface area contributed by atoms with Crippen molar-refractivity contribution >= 4 is 22.7 Å². The van der Waals surface area contributed by atoms with Gasteiger partial charge in [0.1, 0.15) is 12.9 Å². The van der Waals surface area contributed by atoms with Gasteiger partial charge in [0.25, 0.3) is 0 Å². The lowest BCUT2D eigenvalue weighted by molar-refractivity contribution is 0.112. The molecule has 0 N–H and O–H groups in total. The zero-order chi connectivity index (χ0) is 23.9. The second-order valence-electron chi connectivity index (χ2n) is 11.1. The van der Waals surface area contributed by atoms with Gasteiger partial charge in [0.15, 0.2) is 16.6 Å². The van der Waals surface area contributed by atoms with E-state index >= 15 is 0 Å². The molecule has 31 heavy (non-hydrogen) atoms. The fourth-order valence-corrected chi connectivity index (χ4v) is 4.40. The fourth-order valence-electron chi connectivity index (χ4n) is 2.33. The summed E-state index contributed by atoms with van der Waals surface area (Å²) in [6.07, 6.45) is 4.18. The predicted octanol–water partition coefficient (Wildman–Crippen LogP) is 5.21. The highest BCUT2D eigenvalue weighted by Crippen LogP contribution is 2.37. The first-order chi connectivity index (χ1) is 14.1. The van der Waals surface area contributed by atoms with Gasteiger partial charge in [-0.15, -0.1) is 0 Å².